The highest BCUT2D eigenvalue weighted by Gasteiger charge is 2.03. The fourth-order valence-electron chi connectivity index (χ4n) is 1.55. The van der Waals surface area contributed by atoms with Gasteiger partial charge in [0, 0.05) is 11.1 Å². The minimum absolute atomic E-state index is 0.693. The Morgan fingerprint density at radius 2 is 1.93 bits per heavy atom. The van der Waals surface area contributed by atoms with Crippen LogP contribution in [0.1, 0.15) is 16.8 Å². The van der Waals surface area contributed by atoms with E-state index in [2.05, 4.69) is 11.1 Å². The van der Waals surface area contributed by atoms with Crippen LogP contribution in [0.15, 0.2) is 24.3 Å². The molecule has 1 aromatic heterocycles. The maximum absolute atomic E-state index is 8.92. The van der Waals surface area contributed by atoms with Crippen LogP contribution in [0.25, 0.3) is 10.9 Å². The molecule has 0 N–H and O–H groups in total. The number of aromatic nitrogens is 1. The molecule has 0 radical (unpaired) electrons. The van der Waals surface area contributed by atoms with Crippen molar-refractivity contribution in [2.45, 2.75) is 13.8 Å². The lowest BCUT2D eigenvalue weighted by Gasteiger charge is -2.03. The zero-order chi connectivity index (χ0) is 10.1. The molecule has 0 saturated heterocycles. The highest BCUT2D eigenvalue weighted by molar-refractivity contribution is 5.87. The van der Waals surface area contributed by atoms with Crippen LogP contribution < -0.4 is 0 Å². The summed E-state index contributed by atoms with van der Waals surface area (Å²) >= 11 is 0. The fraction of sp³-hybridized carbons (Fsp3) is 0.167. The molecular weight excluding hydrogens is 172 g/mol. The molecule has 0 aliphatic heterocycles. The molecule has 0 saturated carbocycles. The van der Waals surface area contributed by atoms with Crippen molar-refractivity contribution in [1.82, 2.24) is 4.98 Å². The average Bonchev–Trinajstić information content (AvgIpc) is 2.19. The molecule has 0 spiro atoms. The maximum Gasteiger partial charge on any atom is 0.0998 e. The number of benzene rings is 1. The lowest BCUT2D eigenvalue weighted by atomic mass is 10.1. The van der Waals surface area contributed by atoms with E-state index < -0.39 is 0 Å². The van der Waals surface area contributed by atoms with Gasteiger partial charge in [-0.3, -0.25) is 4.98 Å². The molecule has 68 valence electrons. The number of hydrogen-bond donors (Lipinski definition) is 0. The highest BCUT2D eigenvalue weighted by atomic mass is 14.7. The van der Waals surface area contributed by atoms with Gasteiger partial charge in [0.1, 0.15) is 0 Å². The van der Waals surface area contributed by atoms with E-state index in [4.69, 9.17) is 5.26 Å². The standard InChI is InChI=1S/C12H10N2/c1-8-3-5-10(7-13)11-6-4-9(2)14-12(8)11/h3-6H,1-2H3. The SMILES string of the molecule is Cc1ccc2c(C#N)ccc(C)c2n1. The Morgan fingerprint density at radius 1 is 1.14 bits per heavy atom. The van der Waals surface area contributed by atoms with E-state index in [1.54, 1.807) is 0 Å². The zero-order valence-electron chi connectivity index (χ0n) is 8.20. The summed E-state index contributed by atoms with van der Waals surface area (Å²) in [6, 6.07) is 9.85. The van der Waals surface area contributed by atoms with Gasteiger partial charge in [-0.1, -0.05) is 6.07 Å². The lowest BCUT2D eigenvalue weighted by molar-refractivity contribution is 1.24. The number of nitrogens with zero attached hydrogens (tertiary/aromatic N) is 2. The van der Waals surface area contributed by atoms with Crippen molar-refractivity contribution in [3.05, 3.63) is 41.1 Å². The monoisotopic (exact) mass is 182 g/mol. The van der Waals surface area contributed by atoms with Crippen molar-refractivity contribution in [2.24, 2.45) is 0 Å². The van der Waals surface area contributed by atoms with E-state index >= 15 is 0 Å². The normalized spacial score (nSPS) is 10.1. The van der Waals surface area contributed by atoms with Crippen LogP contribution in [0.5, 0.6) is 0 Å². The predicted octanol–water partition coefficient (Wildman–Crippen LogP) is 2.72. The number of nitriles is 1. The van der Waals surface area contributed by atoms with Gasteiger partial charge in [0.15, 0.2) is 0 Å². The van der Waals surface area contributed by atoms with E-state index in [0.29, 0.717) is 5.56 Å². The Hall–Kier alpha value is -1.88. The molecule has 14 heavy (non-hydrogen) atoms. The maximum atomic E-state index is 8.92. The second-order valence-electron chi connectivity index (χ2n) is 3.39. The van der Waals surface area contributed by atoms with Gasteiger partial charge in [-0.05, 0) is 37.6 Å². The van der Waals surface area contributed by atoms with Gasteiger partial charge in [0.25, 0.3) is 0 Å². The molecule has 2 rings (SSSR count). The summed E-state index contributed by atoms with van der Waals surface area (Å²) in [5.41, 5.74) is 3.72. The van der Waals surface area contributed by atoms with Crippen LogP contribution in [0.3, 0.4) is 0 Å². The van der Waals surface area contributed by atoms with Gasteiger partial charge in [0.2, 0.25) is 0 Å². The van der Waals surface area contributed by atoms with E-state index in [9.17, 15) is 0 Å². The van der Waals surface area contributed by atoms with E-state index in [0.717, 1.165) is 22.2 Å². The highest BCUT2D eigenvalue weighted by Crippen LogP contribution is 2.20. The average molecular weight is 182 g/mol. The first-order chi connectivity index (χ1) is 6.72. The second kappa shape index (κ2) is 3.12. The molecule has 0 atom stereocenters. The van der Waals surface area contributed by atoms with Crippen molar-refractivity contribution in [3.63, 3.8) is 0 Å². The zero-order valence-corrected chi connectivity index (χ0v) is 8.20. The molecule has 0 aliphatic carbocycles. The molecule has 0 fully saturated rings. The Balaban J connectivity index is 2.93. The predicted molar refractivity (Wildman–Crippen MR) is 55.9 cm³/mol. The number of rotatable bonds is 0. The summed E-state index contributed by atoms with van der Waals surface area (Å²) < 4.78 is 0. The van der Waals surface area contributed by atoms with Crippen LogP contribution in [0, 0.1) is 25.2 Å². The first kappa shape index (κ1) is 8.71. The molecule has 0 amide bonds. The smallest absolute Gasteiger partial charge is 0.0998 e. The van der Waals surface area contributed by atoms with Gasteiger partial charge in [-0.25, -0.2) is 0 Å². The number of fused-ring (bicyclic) bond motifs is 1. The number of hydrogen-bond acceptors (Lipinski definition) is 2. The van der Waals surface area contributed by atoms with Crippen LogP contribution >= 0.6 is 0 Å². The van der Waals surface area contributed by atoms with E-state index in [-0.39, 0.29) is 0 Å². The van der Waals surface area contributed by atoms with Crippen LogP contribution in [-0.4, -0.2) is 4.98 Å². The summed E-state index contributed by atoms with van der Waals surface area (Å²) in [5, 5.41) is 9.86. The Bertz CT molecular complexity index is 536. The lowest BCUT2D eigenvalue weighted by Crippen LogP contribution is -1.89. The summed E-state index contributed by atoms with van der Waals surface area (Å²) in [6.07, 6.45) is 0. The van der Waals surface area contributed by atoms with Crippen LogP contribution in [0.4, 0.5) is 0 Å². The summed E-state index contributed by atoms with van der Waals surface area (Å²) in [6.45, 7) is 3.97. The summed E-state index contributed by atoms with van der Waals surface area (Å²) in [7, 11) is 0. The van der Waals surface area contributed by atoms with Gasteiger partial charge in [0.05, 0.1) is 17.1 Å². The molecule has 2 aromatic rings. The molecule has 2 nitrogen and oxygen atoms in total. The van der Waals surface area contributed by atoms with Crippen molar-refractivity contribution < 1.29 is 0 Å². The van der Waals surface area contributed by atoms with E-state index in [1.807, 2.05) is 38.1 Å². The van der Waals surface area contributed by atoms with Crippen molar-refractivity contribution in [1.29, 1.82) is 5.26 Å². The van der Waals surface area contributed by atoms with E-state index in [1.165, 1.54) is 0 Å². The first-order valence-electron chi connectivity index (χ1n) is 4.49. The van der Waals surface area contributed by atoms with Crippen molar-refractivity contribution >= 4 is 10.9 Å². The Morgan fingerprint density at radius 3 is 2.64 bits per heavy atom. The van der Waals surface area contributed by atoms with Crippen molar-refractivity contribution in [3.8, 4) is 6.07 Å². The molecule has 0 unspecified atom stereocenters. The van der Waals surface area contributed by atoms with Gasteiger partial charge < -0.3 is 0 Å². The number of aryl methyl sites for hydroxylation is 2. The summed E-state index contributed by atoms with van der Waals surface area (Å²) in [5.74, 6) is 0. The minimum atomic E-state index is 0.693. The quantitative estimate of drug-likeness (QED) is 0.628. The van der Waals surface area contributed by atoms with Gasteiger partial charge >= 0.3 is 0 Å². The number of pyridine rings is 1. The minimum Gasteiger partial charge on any atom is -0.253 e. The molecular formula is C12H10N2. The largest absolute Gasteiger partial charge is 0.253 e. The third kappa shape index (κ3) is 1.23. The first-order valence-corrected chi connectivity index (χ1v) is 4.49. The van der Waals surface area contributed by atoms with Gasteiger partial charge in [-0.15, -0.1) is 0 Å². The molecule has 1 heterocycles. The van der Waals surface area contributed by atoms with Crippen LogP contribution in [-0.2, 0) is 0 Å². The Labute approximate surface area is 82.8 Å². The summed E-state index contributed by atoms with van der Waals surface area (Å²) in [4.78, 5) is 4.43. The molecule has 0 bridgehead atoms. The van der Waals surface area contributed by atoms with Crippen molar-refractivity contribution in [2.75, 3.05) is 0 Å². The molecule has 1 aromatic carbocycles. The second-order valence-corrected chi connectivity index (χ2v) is 3.39. The van der Waals surface area contributed by atoms with Crippen LogP contribution in [0.2, 0.25) is 0 Å². The molecule has 2 heteroatoms. The third-order valence-corrected chi connectivity index (χ3v) is 2.32. The third-order valence-electron chi connectivity index (χ3n) is 2.32. The topological polar surface area (TPSA) is 36.7 Å². The fourth-order valence-corrected chi connectivity index (χ4v) is 1.55. The Kier molecular flexibility index (Phi) is 1.94. The van der Waals surface area contributed by atoms with Gasteiger partial charge in [-0.2, -0.15) is 5.26 Å². The molecule has 0 aliphatic rings.